The van der Waals surface area contributed by atoms with Gasteiger partial charge in [0.25, 0.3) is 0 Å². The van der Waals surface area contributed by atoms with Crippen LogP contribution in [0, 0.1) is 12.3 Å². The van der Waals surface area contributed by atoms with Crippen LogP contribution in [0.5, 0.6) is 0 Å². The van der Waals surface area contributed by atoms with Gasteiger partial charge in [-0.2, -0.15) is 0 Å². The van der Waals surface area contributed by atoms with E-state index in [4.69, 9.17) is 11.2 Å². The largest absolute Gasteiger partial charge is 0.467 e. The molecule has 0 bridgehead atoms. The SMILES string of the molecule is C#CCO[C@H](C)C(=O)OC. The Morgan fingerprint density at radius 3 is 2.80 bits per heavy atom. The number of carbonyl (C=O) groups excluding carboxylic acids is 1. The van der Waals surface area contributed by atoms with E-state index in [1.54, 1.807) is 6.92 Å². The highest BCUT2D eigenvalue weighted by Crippen LogP contribution is 1.91. The van der Waals surface area contributed by atoms with E-state index < -0.39 is 12.1 Å². The standard InChI is InChI=1S/C7H10O3/c1-4-5-10-6(2)7(8)9-3/h1,6H,5H2,2-3H3/t6-/m1/s1. The lowest BCUT2D eigenvalue weighted by atomic mass is 10.4. The van der Waals surface area contributed by atoms with Gasteiger partial charge in [-0.25, -0.2) is 4.79 Å². The normalized spacial score (nSPS) is 11.7. The summed E-state index contributed by atoms with van der Waals surface area (Å²) < 4.78 is 9.21. The molecule has 0 radical (unpaired) electrons. The van der Waals surface area contributed by atoms with E-state index in [1.165, 1.54) is 7.11 Å². The third kappa shape index (κ3) is 3.10. The van der Waals surface area contributed by atoms with Crippen LogP contribution in [0.15, 0.2) is 0 Å². The second-order valence-corrected chi connectivity index (χ2v) is 1.68. The highest BCUT2D eigenvalue weighted by molar-refractivity contribution is 5.73. The van der Waals surface area contributed by atoms with Crippen LogP contribution in [-0.4, -0.2) is 25.8 Å². The number of ether oxygens (including phenoxy) is 2. The van der Waals surface area contributed by atoms with Gasteiger partial charge in [0.1, 0.15) is 6.61 Å². The molecule has 0 aliphatic carbocycles. The van der Waals surface area contributed by atoms with E-state index in [0.717, 1.165) is 0 Å². The Morgan fingerprint density at radius 1 is 1.80 bits per heavy atom. The van der Waals surface area contributed by atoms with Crippen LogP contribution in [0.1, 0.15) is 6.92 Å². The molecule has 0 heterocycles. The van der Waals surface area contributed by atoms with Gasteiger partial charge in [-0.1, -0.05) is 5.92 Å². The zero-order chi connectivity index (χ0) is 7.98. The number of rotatable bonds is 3. The number of methoxy groups -OCH3 is 1. The second kappa shape index (κ2) is 4.83. The van der Waals surface area contributed by atoms with Crippen molar-refractivity contribution in [2.24, 2.45) is 0 Å². The lowest BCUT2D eigenvalue weighted by molar-refractivity contribution is -0.151. The molecule has 10 heavy (non-hydrogen) atoms. The lowest BCUT2D eigenvalue weighted by Crippen LogP contribution is -2.21. The van der Waals surface area contributed by atoms with Crippen LogP contribution < -0.4 is 0 Å². The molecule has 0 aliphatic heterocycles. The maximum absolute atomic E-state index is 10.6. The fourth-order valence-corrected chi connectivity index (χ4v) is 0.407. The van der Waals surface area contributed by atoms with Crippen molar-refractivity contribution in [2.45, 2.75) is 13.0 Å². The first-order chi connectivity index (χ1) is 4.72. The summed E-state index contributed by atoms with van der Waals surface area (Å²) >= 11 is 0. The Labute approximate surface area is 60.3 Å². The van der Waals surface area contributed by atoms with Crippen molar-refractivity contribution < 1.29 is 14.3 Å². The molecule has 0 fully saturated rings. The fourth-order valence-electron chi connectivity index (χ4n) is 0.407. The zero-order valence-electron chi connectivity index (χ0n) is 6.09. The van der Waals surface area contributed by atoms with Crippen molar-refractivity contribution in [3.8, 4) is 12.3 Å². The fraction of sp³-hybridized carbons (Fsp3) is 0.571. The average molecular weight is 142 g/mol. The minimum atomic E-state index is -0.568. The number of esters is 1. The van der Waals surface area contributed by atoms with Gasteiger partial charge in [-0.15, -0.1) is 6.42 Å². The highest BCUT2D eigenvalue weighted by atomic mass is 16.6. The van der Waals surface area contributed by atoms with E-state index in [1.807, 2.05) is 0 Å². The van der Waals surface area contributed by atoms with Crippen molar-refractivity contribution in [1.82, 2.24) is 0 Å². The van der Waals surface area contributed by atoms with Crippen LogP contribution in [0.2, 0.25) is 0 Å². The molecule has 0 unspecified atom stereocenters. The van der Waals surface area contributed by atoms with E-state index in [9.17, 15) is 4.79 Å². The average Bonchev–Trinajstić information content (AvgIpc) is 1.98. The van der Waals surface area contributed by atoms with Gasteiger partial charge in [0.15, 0.2) is 6.10 Å². The third-order valence-corrected chi connectivity index (χ3v) is 0.950. The summed E-state index contributed by atoms with van der Waals surface area (Å²) in [5.74, 6) is 1.84. The highest BCUT2D eigenvalue weighted by Gasteiger charge is 2.11. The van der Waals surface area contributed by atoms with E-state index in [0.29, 0.717) is 0 Å². The quantitative estimate of drug-likeness (QED) is 0.417. The van der Waals surface area contributed by atoms with Crippen molar-refractivity contribution in [1.29, 1.82) is 0 Å². The van der Waals surface area contributed by atoms with Crippen molar-refractivity contribution in [3.05, 3.63) is 0 Å². The van der Waals surface area contributed by atoms with Crippen LogP contribution >= 0.6 is 0 Å². The van der Waals surface area contributed by atoms with Gasteiger partial charge in [-0.3, -0.25) is 0 Å². The summed E-state index contributed by atoms with van der Waals surface area (Å²) in [4.78, 5) is 10.6. The predicted octanol–water partition coefficient (Wildman–Crippen LogP) is 0.198. The summed E-state index contributed by atoms with van der Waals surface area (Å²) in [6.07, 6.45) is 4.32. The molecular formula is C7H10O3. The van der Waals surface area contributed by atoms with Gasteiger partial charge in [0.2, 0.25) is 0 Å². The first-order valence-electron chi connectivity index (χ1n) is 2.85. The van der Waals surface area contributed by atoms with E-state index in [2.05, 4.69) is 10.7 Å². The molecule has 0 rings (SSSR count). The number of terminal acetylenes is 1. The molecule has 3 nitrogen and oxygen atoms in total. The molecule has 0 aromatic carbocycles. The molecule has 0 aromatic heterocycles. The Hall–Kier alpha value is -1.01. The summed E-state index contributed by atoms with van der Waals surface area (Å²) in [5, 5.41) is 0. The monoisotopic (exact) mass is 142 g/mol. The molecule has 56 valence electrons. The molecule has 0 saturated heterocycles. The number of carbonyl (C=O) groups is 1. The van der Waals surface area contributed by atoms with Gasteiger partial charge in [-0.05, 0) is 6.92 Å². The lowest BCUT2D eigenvalue weighted by Gasteiger charge is -2.06. The van der Waals surface area contributed by atoms with Gasteiger partial charge in [0.05, 0.1) is 7.11 Å². The minimum absolute atomic E-state index is 0.135. The minimum Gasteiger partial charge on any atom is -0.467 e. The Kier molecular flexibility index (Phi) is 4.34. The van der Waals surface area contributed by atoms with Crippen LogP contribution in [0.3, 0.4) is 0 Å². The van der Waals surface area contributed by atoms with E-state index in [-0.39, 0.29) is 6.61 Å². The summed E-state index contributed by atoms with van der Waals surface area (Å²) in [6, 6.07) is 0. The molecule has 0 saturated carbocycles. The molecular weight excluding hydrogens is 132 g/mol. The number of hydrogen-bond acceptors (Lipinski definition) is 3. The molecule has 0 N–H and O–H groups in total. The van der Waals surface area contributed by atoms with Gasteiger partial charge >= 0.3 is 5.97 Å². The third-order valence-electron chi connectivity index (χ3n) is 0.950. The smallest absolute Gasteiger partial charge is 0.334 e. The van der Waals surface area contributed by atoms with Crippen molar-refractivity contribution in [2.75, 3.05) is 13.7 Å². The molecule has 0 spiro atoms. The number of hydrogen-bond donors (Lipinski definition) is 0. The molecule has 3 heteroatoms. The molecule has 0 amide bonds. The van der Waals surface area contributed by atoms with Crippen LogP contribution in [-0.2, 0) is 14.3 Å². The topological polar surface area (TPSA) is 35.5 Å². The predicted molar refractivity (Wildman–Crippen MR) is 36.3 cm³/mol. The maximum Gasteiger partial charge on any atom is 0.334 e. The Balaban J connectivity index is 3.53. The first-order valence-corrected chi connectivity index (χ1v) is 2.85. The Morgan fingerprint density at radius 2 is 2.40 bits per heavy atom. The van der Waals surface area contributed by atoms with Crippen molar-refractivity contribution in [3.63, 3.8) is 0 Å². The van der Waals surface area contributed by atoms with Crippen molar-refractivity contribution >= 4 is 5.97 Å². The zero-order valence-corrected chi connectivity index (χ0v) is 6.09. The second-order valence-electron chi connectivity index (χ2n) is 1.68. The molecule has 0 aliphatic rings. The molecule has 1 atom stereocenters. The maximum atomic E-state index is 10.6. The first kappa shape index (κ1) is 8.99. The van der Waals surface area contributed by atoms with Gasteiger partial charge < -0.3 is 9.47 Å². The van der Waals surface area contributed by atoms with E-state index >= 15 is 0 Å². The summed E-state index contributed by atoms with van der Waals surface area (Å²) in [7, 11) is 1.30. The summed E-state index contributed by atoms with van der Waals surface area (Å²) in [5.41, 5.74) is 0. The van der Waals surface area contributed by atoms with Crippen LogP contribution in [0.25, 0.3) is 0 Å². The van der Waals surface area contributed by atoms with Crippen LogP contribution in [0.4, 0.5) is 0 Å². The van der Waals surface area contributed by atoms with Gasteiger partial charge in [0, 0.05) is 0 Å². The summed E-state index contributed by atoms with van der Waals surface area (Å²) in [6.45, 7) is 1.72. The molecule has 0 aromatic rings. The Bertz CT molecular complexity index is 145.